The van der Waals surface area contributed by atoms with Gasteiger partial charge in [0.05, 0.1) is 0 Å². The van der Waals surface area contributed by atoms with E-state index in [9.17, 15) is 13.2 Å². The fourth-order valence-electron chi connectivity index (χ4n) is 1.38. The molecule has 0 amide bonds. The maximum absolute atomic E-state index is 12.1. The molecule has 0 bridgehead atoms. The SMILES string of the molecule is N[C@@H](CCCc1ccccc1Br)C(F)(F)F. The van der Waals surface area contributed by atoms with Gasteiger partial charge in [0.25, 0.3) is 0 Å². The summed E-state index contributed by atoms with van der Waals surface area (Å²) < 4.78 is 37.3. The molecule has 1 aromatic carbocycles. The van der Waals surface area contributed by atoms with Crippen LogP contribution in [-0.4, -0.2) is 12.2 Å². The maximum Gasteiger partial charge on any atom is 0.403 e. The van der Waals surface area contributed by atoms with Crippen molar-refractivity contribution >= 4 is 15.9 Å². The average molecular weight is 296 g/mol. The van der Waals surface area contributed by atoms with Gasteiger partial charge >= 0.3 is 6.18 Å². The van der Waals surface area contributed by atoms with Gasteiger partial charge in [0.1, 0.15) is 6.04 Å². The van der Waals surface area contributed by atoms with E-state index in [1.807, 2.05) is 24.3 Å². The Bertz CT molecular complexity index is 338. The standard InChI is InChI=1S/C11H13BrF3N/c12-9-6-2-1-4-8(9)5-3-7-10(16)11(13,14)15/h1-2,4,6,10H,3,5,7,16H2/t10-/m0/s1. The van der Waals surface area contributed by atoms with Gasteiger partial charge in [-0.25, -0.2) is 0 Å². The second-order valence-corrected chi connectivity index (χ2v) is 4.49. The summed E-state index contributed by atoms with van der Waals surface area (Å²) in [6.45, 7) is 0. The van der Waals surface area contributed by atoms with Gasteiger partial charge in [0, 0.05) is 4.47 Å². The van der Waals surface area contributed by atoms with Gasteiger partial charge in [-0.05, 0) is 30.9 Å². The highest BCUT2D eigenvalue weighted by Gasteiger charge is 2.35. The van der Waals surface area contributed by atoms with Crippen molar-refractivity contribution in [3.63, 3.8) is 0 Å². The third-order valence-corrected chi connectivity index (χ3v) is 3.11. The first-order chi connectivity index (χ1) is 7.41. The van der Waals surface area contributed by atoms with E-state index in [2.05, 4.69) is 15.9 Å². The lowest BCUT2D eigenvalue weighted by Gasteiger charge is -2.15. The molecule has 1 nitrogen and oxygen atoms in total. The Morgan fingerprint density at radius 1 is 1.25 bits per heavy atom. The van der Waals surface area contributed by atoms with Gasteiger partial charge in [-0.3, -0.25) is 0 Å². The van der Waals surface area contributed by atoms with Crippen molar-refractivity contribution in [1.29, 1.82) is 0 Å². The van der Waals surface area contributed by atoms with E-state index in [4.69, 9.17) is 5.73 Å². The van der Waals surface area contributed by atoms with Gasteiger partial charge in [-0.1, -0.05) is 34.1 Å². The molecule has 0 saturated heterocycles. The lowest BCUT2D eigenvalue weighted by molar-refractivity contribution is -0.149. The lowest BCUT2D eigenvalue weighted by atomic mass is 10.1. The molecular weight excluding hydrogens is 283 g/mol. The first-order valence-corrected chi connectivity index (χ1v) is 5.76. The van der Waals surface area contributed by atoms with Crippen LogP contribution in [0.2, 0.25) is 0 Å². The zero-order valence-corrected chi connectivity index (χ0v) is 10.2. The van der Waals surface area contributed by atoms with Crippen molar-refractivity contribution < 1.29 is 13.2 Å². The molecule has 90 valence electrons. The number of halogens is 4. The minimum absolute atomic E-state index is 0.0369. The zero-order chi connectivity index (χ0) is 12.2. The third kappa shape index (κ3) is 4.14. The van der Waals surface area contributed by atoms with Gasteiger partial charge in [-0.15, -0.1) is 0 Å². The smallest absolute Gasteiger partial charge is 0.320 e. The Kier molecular flexibility index (Phi) is 4.80. The average Bonchev–Trinajstić information content (AvgIpc) is 2.19. The fraction of sp³-hybridized carbons (Fsp3) is 0.455. The second-order valence-electron chi connectivity index (χ2n) is 3.63. The molecule has 0 fully saturated rings. The molecule has 1 aromatic rings. The summed E-state index contributed by atoms with van der Waals surface area (Å²) in [6.07, 6.45) is -3.28. The molecule has 0 aliphatic heterocycles. The maximum atomic E-state index is 12.1. The van der Waals surface area contributed by atoms with E-state index in [0.29, 0.717) is 12.8 Å². The number of hydrogen-bond donors (Lipinski definition) is 1. The number of rotatable bonds is 4. The molecule has 0 saturated carbocycles. The van der Waals surface area contributed by atoms with Gasteiger partial charge in [-0.2, -0.15) is 13.2 Å². The monoisotopic (exact) mass is 295 g/mol. The summed E-state index contributed by atoms with van der Waals surface area (Å²) in [4.78, 5) is 0. The minimum Gasteiger partial charge on any atom is -0.320 e. The summed E-state index contributed by atoms with van der Waals surface area (Å²) in [5, 5.41) is 0. The number of nitrogens with two attached hydrogens (primary N) is 1. The van der Waals surface area contributed by atoms with Crippen LogP contribution in [0.4, 0.5) is 13.2 Å². The van der Waals surface area contributed by atoms with E-state index in [1.54, 1.807) is 0 Å². The molecule has 0 aromatic heterocycles. The Morgan fingerprint density at radius 2 is 1.88 bits per heavy atom. The molecule has 0 heterocycles. The normalized spacial score (nSPS) is 13.8. The highest BCUT2D eigenvalue weighted by molar-refractivity contribution is 9.10. The topological polar surface area (TPSA) is 26.0 Å². The van der Waals surface area contributed by atoms with Crippen LogP contribution in [-0.2, 0) is 6.42 Å². The summed E-state index contributed by atoms with van der Waals surface area (Å²) >= 11 is 3.35. The Morgan fingerprint density at radius 3 is 2.44 bits per heavy atom. The van der Waals surface area contributed by atoms with Crippen LogP contribution in [0.3, 0.4) is 0 Å². The predicted octanol–water partition coefficient (Wildman–Crippen LogP) is 3.66. The van der Waals surface area contributed by atoms with Crippen LogP contribution in [0.25, 0.3) is 0 Å². The fourth-order valence-corrected chi connectivity index (χ4v) is 1.86. The molecule has 1 atom stereocenters. The zero-order valence-electron chi connectivity index (χ0n) is 8.60. The van der Waals surface area contributed by atoms with Gasteiger partial charge in [0.2, 0.25) is 0 Å². The van der Waals surface area contributed by atoms with Crippen LogP contribution in [0.1, 0.15) is 18.4 Å². The summed E-state index contributed by atoms with van der Waals surface area (Å²) in [5.74, 6) is 0. The third-order valence-electron chi connectivity index (χ3n) is 2.34. The largest absolute Gasteiger partial charge is 0.403 e. The minimum atomic E-state index is -4.28. The van der Waals surface area contributed by atoms with Crippen molar-refractivity contribution in [2.45, 2.75) is 31.5 Å². The summed E-state index contributed by atoms with van der Waals surface area (Å²) in [5.41, 5.74) is 6.03. The Hall–Kier alpha value is -0.550. The van der Waals surface area contributed by atoms with E-state index in [-0.39, 0.29) is 6.42 Å². The lowest BCUT2D eigenvalue weighted by Crippen LogP contribution is -2.37. The number of benzene rings is 1. The van der Waals surface area contributed by atoms with E-state index >= 15 is 0 Å². The first-order valence-electron chi connectivity index (χ1n) is 4.97. The molecule has 0 aliphatic carbocycles. The van der Waals surface area contributed by atoms with Crippen LogP contribution in [0.15, 0.2) is 28.7 Å². The molecule has 1 rings (SSSR count). The first kappa shape index (κ1) is 13.5. The predicted molar refractivity (Wildman–Crippen MR) is 61.1 cm³/mol. The molecule has 0 unspecified atom stereocenters. The molecule has 5 heteroatoms. The van der Waals surface area contributed by atoms with Crippen molar-refractivity contribution in [2.24, 2.45) is 5.73 Å². The number of alkyl halides is 3. The molecule has 2 N–H and O–H groups in total. The van der Waals surface area contributed by atoms with Crippen LogP contribution < -0.4 is 5.73 Å². The Labute approximate surface area is 101 Å². The van der Waals surface area contributed by atoms with Crippen LogP contribution >= 0.6 is 15.9 Å². The van der Waals surface area contributed by atoms with Crippen molar-refractivity contribution in [1.82, 2.24) is 0 Å². The summed E-state index contributed by atoms with van der Waals surface area (Å²) in [7, 11) is 0. The molecule has 0 aliphatic rings. The van der Waals surface area contributed by atoms with Gasteiger partial charge in [0.15, 0.2) is 0 Å². The van der Waals surface area contributed by atoms with Gasteiger partial charge < -0.3 is 5.73 Å². The molecule has 16 heavy (non-hydrogen) atoms. The highest BCUT2D eigenvalue weighted by Crippen LogP contribution is 2.23. The van der Waals surface area contributed by atoms with E-state index in [0.717, 1.165) is 10.0 Å². The highest BCUT2D eigenvalue weighted by atomic mass is 79.9. The number of hydrogen-bond acceptors (Lipinski definition) is 1. The summed E-state index contributed by atoms with van der Waals surface area (Å²) in [6, 6.07) is 5.79. The van der Waals surface area contributed by atoms with Crippen molar-refractivity contribution in [2.75, 3.05) is 0 Å². The van der Waals surface area contributed by atoms with E-state index in [1.165, 1.54) is 0 Å². The number of aryl methyl sites for hydroxylation is 1. The molecule has 0 radical (unpaired) electrons. The molecule has 0 spiro atoms. The Balaban J connectivity index is 2.40. The van der Waals surface area contributed by atoms with Crippen LogP contribution in [0, 0.1) is 0 Å². The van der Waals surface area contributed by atoms with E-state index < -0.39 is 12.2 Å². The van der Waals surface area contributed by atoms with Crippen LogP contribution in [0.5, 0.6) is 0 Å². The van der Waals surface area contributed by atoms with Crippen molar-refractivity contribution in [3.05, 3.63) is 34.3 Å². The van der Waals surface area contributed by atoms with Crippen molar-refractivity contribution in [3.8, 4) is 0 Å². The quantitative estimate of drug-likeness (QED) is 0.901. The molecular formula is C11H13BrF3N. The second kappa shape index (κ2) is 5.68.